The molecule has 1 atom stereocenters. The monoisotopic (exact) mass is 512 g/mol. The molecule has 6 nitrogen and oxygen atoms in total. The van der Waals surface area contributed by atoms with Crippen LogP contribution in [0.2, 0.25) is 10.0 Å². The van der Waals surface area contributed by atoms with E-state index in [1.165, 1.54) is 0 Å². The molecule has 1 saturated carbocycles. The minimum atomic E-state index is -1.04. The van der Waals surface area contributed by atoms with Crippen LogP contribution in [-0.2, 0) is 11.2 Å². The molecule has 0 amide bonds. The van der Waals surface area contributed by atoms with Crippen LogP contribution in [0.5, 0.6) is 5.75 Å². The number of halogens is 2. The minimum absolute atomic E-state index is 0.102. The lowest BCUT2D eigenvalue weighted by Gasteiger charge is -2.18. The van der Waals surface area contributed by atoms with Crippen molar-refractivity contribution in [3.63, 3.8) is 0 Å². The standard InChI is InChI=1S/C27H26Cl2N2O4/c28-21-4-3-5-22(29)25(21)23(32)15-19(26(33)34)14-18-7-9-20(10-8-18)35-17-27(11-12-27)16-31-24-6-1-2-13-30-24/h1-10,13,19H,11-12,14-17H2,(H,30,31)(H,33,34). The summed E-state index contributed by atoms with van der Waals surface area (Å²) in [7, 11) is 0. The first-order valence-corrected chi connectivity index (χ1v) is 12.2. The first-order valence-electron chi connectivity index (χ1n) is 11.4. The smallest absolute Gasteiger partial charge is 0.307 e. The highest BCUT2D eigenvalue weighted by molar-refractivity contribution is 6.39. The van der Waals surface area contributed by atoms with Crippen molar-refractivity contribution in [2.75, 3.05) is 18.5 Å². The van der Waals surface area contributed by atoms with Crippen LogP contribution < -0.4 is 10.1 Å². The van der Waals surface area contributed by atoms with E-state index in [1.54, 1.807) is 24.4 Å². The fourth-order valence-electron chi connectivity index (χ4n) is 3.87. The van der Waals surface area contributed by atoms with E-state index < -0.39 is 11.9 Å². The second kappa shape index (κ2) is 11.1. The zero-order chi connectivity index (χ0) is 24.8. The van der Waals surface area contributed by atoms with Crippen LogP contribution >= 0.6 is 23.2 Å². The van der Waals surface area contributed by atoms with Crippen molar-refractivity contribution < 1.29 is 19.4 Å². The number of carbonyl (C=O) groups is 2. The zero-order valence-corrected chi connectivity index (χ0v) is 20.6. The Bertz CT molecular complexity index is 1160. The number of ketones is 1. The lowest BCUT2D eigenvalue weighted by molar-refractivity contribution is -0.141. The van der Waals surface area contributed by atoms with Gasteiger partial charge >= 0.3 is 5.97 Å². The Labute approximate surface area is 214 Å². The van der Waals surface area contributed by atoms with E-state index in [-0.39, 0.29) is 39.6 Å². The number of aromatic nitrogens is 1. The average Bonchev–Trinajstić information content (AvgIpc) is 3.62. The summed E-state index contributed by atoms with van der Waals surface area (Å²) in [6.07, 6.45) is 3.96. The first-order chi connectivity index (χ1) is 16.8. The largest absolute Gasteiger partial charge is 0.493 e. The Balaban J connectivity index is 1.31. The van der Waals surface area contributed by atoms with E-state index in [2.05, 4.69) is 10.3 Å². The number of hydrogen-bond acceptors (Lipinski definition) is 5. The fraction of sp³-hybridized carbons (Fsp3) is 0.296. The van der Waals surface area contributed by atoms with Gasteiger partial charge in [0.15, 0.2) is 5.78 Å². The van der Waals surface area contributed by atoms with Crippen molar-refractivity contribution >= 4 is 40.8 Å². The van der Waals surface area contributed by atoms with Crippen LogP contribution in [0.15, 0.2) is 66.9 Å². The van der Waals surface area contributed by atoms with Gasteiger partial charge in [-0.05, 0) is 61.2 Å². The molecule has 4 rings (SSSR count). The molecule has 0 saturated heterocycles. The molecule has 0 bridgehead atoms. The van der Waals surface area contributed by atoms with Crippen molar-refractivity contribution in [3.8, 4) is 5.75 Å². The van der Waals surface area contributed by atoms with Gasteiger partial charge in [0.1, 0.15) is 11.6 Å². The van der Waals surface area contributed by atoms with Crippen molar-refractivity contribution in [2.45, 2.75) is 25.7 Å². The molecule has 2 aromatic carbocycles. The Morgan fingerprint density at radius 3 is 2.34 bits per heavy atom. The maximum atomic E-state index is 12.7. The van der Waals surface area contributed by atoms with Gasteiger partial charge in [-0.25, -0.2) is 4.98 Å². The summed E-state index contributed by atoms with van der Waals surface area (Å²) in [5, 5.41) is 13.5. The van der Waals surface area contributed by atoms with Gasteiger partial charge < -0.3 is 15.2 Å². The normalized spacial score (nSPS) is 14.7. The second-order valence-corrected chi connectivity index (χ2v) is 9.78. The number of rotatable bonds is 12. The predicted octanol–water partition coefficient (Wildman–Crippen LogP) is 6.18. The fourth-order valence-corrected chi connectivity index (χ4v) is 4.48. The van der Waals surface area contributed by atoms with Gasteiger partial charge in [0.05, 0.1) is 28.1 Å². The number of Topliss-reactive ketones (excluding diaryl/α,β-unsaturated/α-hetero) is 1. The molecule has 182 valence electrons. The number of nitrogens with one attached hydrogen (secondary N) is 1. The first kappa shape index (κ1) is 25.0. The molecule has 8 heteroatoms. The molecule has 1 aromatic heterocycles. The van der Waals surface area contributed by atoms with Crippen LogP contribution in [-0.4, -0.2) is 35.0 Å². The van der Waals surface area contributed by atoms with Crippen LogP contribution in [0.3, 0.4) is 0 Å². The Hall–Kier alpha value is -3.09. The van der Waals surface area contributed by atoms with Crippen molar-refractivity contribution in [1.82, 2.24) is 4.98 Å². The average molecular weight is 513 g/mol. The SMILES string of the molecule is O=C(CC(Cc1ccc(OCC2(CNc3ccccn3)CC2)cc1)C(=O)O)c1c(Cl)cccc1Cl. The molecule has 1 fully saturated rings. The number of ether oxygens (including phenoxy) is 1. The third-order valence-corrected chi connectivity index (χ3v) is 6.87. The maximum Gasteiger partial charge on any atom is 0.307 e. The van der Waals surface area contributed by atoms with Crippen molar-refractivity contribution in [2.24, 2.45) is 11.3 Å². The van der Waals surface area contributed by atoms with Crippen LogP contribution in [0, 0.1) is 11.3 Å². The highest BCUT2D eigenvalue weighted by Crippen LogP contribution is 2.45. The number of nitrogens with zero attached hydrogens (tertiary/aromatic N) is 1. The zero-order valence-electron chi connectivity index (χ0n) is 19.0. The van der Waals surface area contributed by atoms with Gasteiger partial charge in [0.2, 0.25) is 0 Å². The summed E-state index contributed by atoms with van der Waals surface area (Å²) in [6, 6.07) is 17.9. The lowest BCUT2D eigenvalue weighted by atomic mass is 9.92. The number of benzene rings is 2. The van der Waals surface area contributed by atoms with Crippen LogP contribution in [0.4, 0.5) is 5.82 Å². The van der Waals surface area contributed by atoms with Crippen LogP contribution in [0.1, 0.15) is 35.2 Å². The summed E-state index contributed by atoms with van der Waals surface area (Å²) in [5.41, 5.74) is 1.07. The highest BCUT2D eigenvalue weighted by Gasteiger charge is 2.43. The van der Waals surface area contributed by atoms with Gasteiger partial charge in [0.25, 0.3) is 0 Å². The topological polar surface area (TPSA) is 88.5 Å². The number of aliphatic carboxylic acids is 1. The third-order valence-electron chi connectivity index (χ3n) is 6.24. The highest BCUT2D eigenvalue weighted by atomic mass is 35.5. The quantitative estimate of drug-likeness (QED) is 0.282. The van der Waals surface area contributed by atoms with E-state index in [9.17, 15) is 14.7 Å². The maximum absolute atomic E-state index is 12.7. The summed E-state index contributed by atoms with van der Waals surface area (Å²) >= 11 is 12.2. The van der Waals surface area contributed by atoms with E-state index in [1.807, 2.05) is 42.5 Å². The third kappa shape index (κ3) is 6.74. The Morgan fingerprint density at radius 2 is 1.74 bits per heavy atom. The molecule has 0 spiro atoms. The number of anilines is 1. The Morgan fingerprint density at radius 1 is 1.03 bits per heavy atom. The van der Waals surface area contributed by atoms with Gasteiger partial charge in [-0.2, -0.15) is 0 Å². The van der Waals surface area contributed by atoms with Gasteiger partial charge in [0, 0.05) is 24.6 Å². The molecule has 35 heavy (non-hydrogen) atoms. The molecule has 3 aromatic rings. The molecule has 0 aliphatic heterocycles. The van der Waals surface area contributed by atoms with Gasteiger partial charge in [-0.15, -0.1) is 0 Å². The molecular weight excluding hydrogens is 487 g/mol. The molecule has 1 unspecified atom stereocenters. The van der Waals surface area contributed by atoms with Gasteiger partial charge in [-0.1, -0.05) is 47.5 Å². The van der Waals surface area contributed by atoms with Crippen LogP contribution in [0.25, 0.3) is 0 Å². The van der Waals surface area contributed by atoms with Gasteiger partial charge in [-0.3, -0.25) is 9.59 Å². The molecule has 1 aliphatic carbocycles. The number of hydrogen-bond donors (Lipinski definition) is 2. The Kier molecular flexibility index (Phi) is 7.93. The van der Waals surface area contributed by atoms with E-state index in [0.717, 1.165) is 36.5 Å². The lowest BCUT2D eigenvalue weighted by Crippen LogP contribution is -2.23. The molecule has 2 N–H and O–H groups in total. The van der Waals surface area contributed by atoms with E-state index in [4.69, 9.17) is 27.9 Å². The molecular formula is C27H26Cl2N2O4. The summed E-state index contributed by atoms with van der Waals surface area (Å²) in [5.74, 6) is -0.746. The molecule has 1 aliphatic rings. The molecule has 0 radical (unpaired) electrons. The summed E-state index contributed by atoms with van der Waals surface area (Å²) < 4.78 is 6.02. The van der Waals surface area contributed by atoms with Crippen molar-refractivity contribution in [3.05, 3.63) is 88.0 Å². The minimum Gasteiger partial charge on any atom is -0.493 e. The van der Waals surface area contributed by atoms with Crippen molar-refractivity contribution in [1.29, 1.82) is 0 Å². The van der Waals surface area contributed by atoms with E-state index in [0.29, 0.717) is 6.61 Å². The number of carbonyl (C=O) groups excluding carboxylic acids is 1. The number of pyridine rings is 1. The predicted molar refractivity (Wildman–Crippen MR) is 137 cm³/mol. The number of carboxylic acids is 1. The second-order valence-electron chi connectivity index (χ2n) is 8.96. The summed E-state index contributed by atoms with van der Waals surface area (Å²) in [4.78, 5) is 28.8. The van der Waals surface area contributed by atoms with E-state index >= 15 is 0 Å². The number of carboxylic acid groups (broad SMARTS) is 1. The molecule has 1 heterocycles. The summed E-state index contributed by atoms with van der Waals surface area (Å²) in [6.45, 7) is 1.39.